The van der Waals surface area contributed by atoms with Crippen molar-refractivity contribution < 1.29 is 9.47 Å². The Labute approximate surface area is 95.4 Å². The SMILES string of the molecule is [CH2]c1cc(OC)cc(Oc2ccccc2)c1. The van der Waals surface area contributed by atoms with Gasteiger partial charge in [0.15, 0.2) is 0 Å². The molecular formula is C14H13O2. The van der Waals surface area contributed by atoms with Crippen molar-refractivity contribution in [1.82, 2.24) is 0 Å². The van der Waals surface area contributed by atoms with E-state index in [2.05, 4.69) is 6.92 Å². The lowest BCUT2D eigenvalue weighted by Gasteiger charge is -2.08. The van der Waals surface area contributed by atoms with Crippen molar-refractivity contribution in [1.29, 1.82) is 0 Å². The number of methoxy groups -OCH3 is 1. The molecule has 0 aliphatic rings. The minimum Gasteiger partial charge on any atom is -0.497 e. The van der Waals surface area contributed by atoms with Gasteiger partial charge in [-0.2, -0.15) is 0 Å². The molecule has 0 N–H and O–H groups in total. The minimum atomic E-state index is 0.732. The molecule has 0 aliphatic carbocycles. The molecule has 0 spiro atoms. The van der Waals surface area contributed by atoms with E-state index in [1.54, 1.807) is 7.11 Å². The molecule has 2 rings (SSSR count). The van der Waals surface area contributed by atoms with Gasteiger partial charge in [-0.25, -0.2) is 0 Å². The molecule has 2 nitrogen and oxygen atoms in total. The van der Waals surface area contributed by atoms with E-state index in [4.69, 9.17) is 9.47 Å². The van der Waals surface area contributed by atoms with Gasteiger partial charge >= 0.3 is 0 Å². The zero-order valence-corrected chi connectivity index (χ0v) is 9.14. The molecule has 0 aliphatic heterocycles. The first kappa shape index (κ1) is 10.6. The van der Waals surface area contributed by atoms with Crippen molar-refractivity contribution in [2.75, 3.05) is 7.11 Å². The van der Waals surface area contributed by atoms with Gasteiger partial charge in [0.25, 0.3) is 0 Å². The quantitative estimate of drug-likeness (QED) is 0.774. The van der Waals surface area contributed by atoms with Gasteiger partial charge in [0.1, 0.15) is 17.2 Å². The van der Waals surface area contributed by atoms with Crippen LogP contribution in [0.15, 0.2) is 48.5 Å². The summed E-state index contributed by atoms with van der Waals surface area (Å²) in [5, 5.41) is 0. The summed E-state index contributed by atoms with van der Waals surface area (Å²) in [5.74, 6) is 2.28. The molecule has 2 aromatic carbocycles. The fourth-order valence-corrected chi connectivity index (χ4v) is 1.43. The summed E-state index contributed by atoms with van der Waals surface area (Å²) in [4.78, 5) is 0. The number of hydrogen-bond acceptors (Lipinski definition) is 2. The number of benzene rings is 2. The molecule has 0 saturated carbocycles. The topological polar surface area (TPSA) is 18.5 Å². The molecule has 0 bridgehead atoms. The van der Waals surface area contributed by atoms with Gasteiger partial charge in [-0.15, -0.1) is 0 Å². The van der Waals surface area contributed by atoms with Crippen molar-refractivity contribution in [2.24, 2.45) is 0 Å². The van der Waals surface area contributed by atoms with Crippen LogP contribution in [-0.4, -0.2) is 7.11 Å². The Bertz CT molecular complexity index is 463. The van der Waals surface area contributed by atoms with Gasteiger partial charge < -0.3 is 9.47 Å². The highest BCUT2D eigenvalue weighted by Gasteiger charge is 2.00. The van der Waals surface area contributed by atoms with Crippen LogP contribution in [0.1, 0.15) is 5.56 Å². The fourth-order valence-electron chi connectivity index (χ4n) is 1.43. The predicted octanol–water partition coefficient (Wildman–Crippen LogP) is 3.67. The van der Waals surface area contributed by atoms with Crippen LogP contribution in [0.3, 0.4) is 0 Å². The second kappa shape index (κ2) is 4.71. The summed E-state index contributed by atoms with van der Waals surface area (Å²) in [6, 6.07) is 15.2. The summed E-state index contributed by atoms with van der Waals surface area (Å²) < 4.78 is 10.8. The van der Waals surface area contributed by atoms with Crippen molar-refractivity contribution in [3.05, 3.63) is 61.0 Å². The van der Waals surface area contributed by atoms with Crippen LogP contribution in [0.25, 0.3) is 0 Å². The third kappa shape index (κ3) is 2.54. The van der Waals surface area contributed by atoms with Crippen LogP contribution < -0.4 is 9.47 Å². The van der Waals surface area contributed by atoms with E-state index in [0.29, 0.717) is 0 Å². The number of ether oxygens (including phenoxy) is 2. The Balaban J connectivity index is 2.24. The van der Waals surface area contributed by atoms with Crippen LogP contribution in [0.5, 0.6) is 17.2 Å². The maximum absolute atomic E-state index is 5.68. The Morgan fingerprint density at radius 2 is 1.56 bits per heavy atom. The Morgan fingerprint density at radius 3 is 2.25 bits per heavy atom. The highest BCUT2D eigenvalue weighted by molar-refractivity contribution is 5.41. The Hall–Kier alpha value is -1.96. The molecule has 0 amide bonds. The van der Waals surface area contributed by atoms with Gasteiger partial charge in [-0.1, -0.05) is 18.2 Å². The van der Waals surface area contributed by atoms with Crippen LogP contribution >= 0.6 is 0 Å². The van der Waals surface area contributed by atoms with Gasteiger partial charge in [-0.05, 0) is 36.8 Å². The van der Waals surface area contributed by atoms with Crippen LogP contribution in [0.4, 0.5) is 0 Å². The highest BCUT2D eigenvalue weighted by Crippen LogP contribution is 2.26. The van der Waals surface area contributed by atoms with E-state index >= 15 is 0 Å². The maximum Gasteiger partial charge on any atom is 0.131 e. The Kier molecular flexibility index (Phi) is 3.10. The second-order valence-electron chi connectivity index (χ2n) is 3.43. The fraction of sp³-hybridized carbons (Fsp3) is 0.0714. The standard InChI is InChI=1S/C14H13O2/c1-11-8-13(15-2)10-14(9-11)16-12-6-4-3-5-7-12/h3-10H,1H2,2H3. The minimum absolute atomic E-state index is 0.732. The summed E-state index contributed by atoms with van der Waals surface area (Å²) in [5.41, 5.74) is 0.866. The largest absolute Gasteiger partial charge is 0.497 e. The number of rotatable bonds is 3. The van der Waals surface area contributed by atoms with E-state index in [-0.39, 0.29) is 0 Å². The first-order chi connectivity index (χ1) is 7.78. The molecule has 0 fully saturated rings. The lowest BCUT2D eigenvalue weighted by atomic mass is 10.2. The third-order valence-corrected chi connectivity index (χ3v) is 2.15. The monoisotopic (exact) mass is 213 g/mol. The third-order valence-electron chi connectivity index (χ3n) is 2.15. The normalized spacial score (nSPS) is 9.88. The second-order valence-corrected chi connectivity index (χ2v) is 3.43. The van der Waals surface area contributed by atoms with E-state index in [0.717, 1.165) is 22.8 Å². The van der Waals surface area contributed by atoms with Crippen LogP contribution in [0.2, 0.25) is 0 Å². The molecule has 2 aromatic rings. The molecule has 0 heterocycles. The molecule has 81 valence electrons. The molecule has 2 heteroatoms. The van der Waals surface area contributed by atoms with Gasteiger partial charge in [0.05, 0.1) is 7.11 Å². The summed E-state index contributed by atoms with van der Waals surface area (Å²) in [6.45, 7) is 3.87. The molecule has 16 heavy (non-hydrogen) atoms. The molecule has 1 radical (unpaired) electrons. The average Bonchev–Trinajstić information content (AvgIpc) is 2.29. The van der Waals surface area contributed by atoms with Crippen molar-refractivity contribution in [2.45, 2.75) is 0 Å². The van der Waals surface area contributed by atoms with Gasteiger partial charge in [0, 0.05) is 6.07 Å². The van der Waals surface area contributed by atoms with Gasteiger partial charge in [0.2, 0.25) is 0 Å². The number of hydrogen-bond donors (Lipinski definition) is 0. The molecule has 0 unspecified atom stereocenters. The van der Waals surface area contributed by atoms with Crippen LogP contribution in [-0.2, 0) is 0 Å². The van der Waals surface area contributed by atoms with Gasteiger partial charge in [-0.3, -0.25) is 0 Å². The van der Waals surface area contributed by atoms with Crippen molar-refractivity contribution >= 4 is 0 Å². The lowest BCUT2D eigenvalue weighted by Crippen LogP contribution is -1.88. The van der Waals surface area contributed by atoms with Crippen molar-refractivity contribution in [3.63, 3.8) is 0 Å². The zero-order valence-electron chi connectivity index (χ0n) is 9.14. The molecule has 0 atom stereocenters. The lowest BCUT2D eigenvalue weighted by molar-refractivity contribution is 0.409. The first-order valence-electron chi connectivity index (χ1n) is 5.02. The Morgan fingerprint density at radius 1 is 0.875 bits per heavy atom. The summed E-state index contributed by atoms with van der Waals surface area (Å²) >= 11 is 0. The number of para-hydroxylation sites is 1. The van der Waals surface area contributed by atoms with E-state index < -0.39 is 0 Å². The van der Waals surface area contributed by atoms with E-state index in [9.17, 15) is 0 Å². The van der Waals surface area contributed by atoms with Crippen LogP contribution in [0, 0.1) is 6.92 Å². The van der Waals surface area contributed by atoms with Crippen molar-refractivity contribution in [3.8, 4) is 17.2 Å². The zero-order chi connectivity index (χ0) is 11.4. The smallest absolute Gasteiger partial charge is 0.131 e. The summed E-state index contributed by atoms with van der Waals surface area (Å²) in [6.07, 6.45) is 0. The van der Waals surface area contributed by atoms with E-state index in [1.165, 1.54) is 0 Å². The average molecular weight is 213 g/mol. The predicted molar refractivity (Wildman–Crippen MR) is 64.0 cm³/mol. The van der Waals surface area contributed by atoms with E-state index in [1.807, 2.05) is 48.5 Å². The summed E-state index contributed by atoms with van der Waals surface area (Å²) in [7, 11) is 1.63. The maximum atomic E-state index is 5.68. The molecular weight excluding hydrogens is 200 g/mol. The molecule has 0 saturated heterocycles. The first-order valence-corrected chi connectivity index (χ1v) is 5.02. The highest BCUT2D eigenvalue weighted by atomic mass is 16.5. The molecule has 0 aromatic heterocycles.